The molecule has 0 radical (unpaired) electrons. The number of hydrogen-bond acceptors (Lipinski definition) is 6. The van der Waals surface area contributed by atoms with E-state index in [0.29, 0.717) is 43.7 Å². The average Bonchev–Trinajstić information content (AvgIpc) is 3.35. The Balaban J connectivity index is 1.52. The van der Waals surface area contributed by atoms with Gasteiger partial charge in [-0.3, -0.25) is 4.79 Å². The van der Waals surface area contributed by atoms with Gasteiger partial charge in [-0.1, -0.05) is 54.1 Å². The summed E-state index contributed by atoms with van der Waals surface area (Å²) < 4.78 is 17.5. The van der Waals surface area contributed by atoms with Crippen molar-refractivity contribution in [3.05, 3.63) is 104 Å². The van der Waals surface area contributed by atoms with Crippen molar-refractivity contribution in [2.24, 2.45) is 0 Å². The molecule has 0 aliphatic rings. The second kappa shape index (κ2) is 13.5. The van der Waals surface area contributed by atoms with Crippen molar-refractivity contribution in [2.45, 2.75) is 13.5 Å². The summed E-state index contributed by atoms with van der Waals surface area (Å²) in [5.41, 5.74) is 3.51. The Morgan fingerprint density at radius 3 is 2.51 bits per heavy atom. The van der Waals surface area contributed by atoms with Gasteiger partial charge in [0.15, 0.2) is 11.5 Å². The minimum atomic E-state index is -0.511. The Labute approximate surface area is 244 Å². The maximum absolute atomic E-state index is 12.8. The Bertz CT molecular complexity index is 1490. The van der Waals surface area contributed by atoms with Crippen LogP contribution in [0.4, 0.5) is 5.00 Å². The Morgan fingerprint density at radius 2 is 1.82 bits per heavy atom. The number of benzene rings is 3. The molecule has 1 N–H and O–H groups in total. The number of methoxy groups -OCH3 is 1. The van der Waals surface area contributed by atoms with Gasteiger partial charge in [0.2, 0.25) is 5.91 Å². The number of amides is 1. The second-order valence-corrected chi connectivity index (χ2v) is 10.4. The molecule has 1 aromatic heterocycles. The minimum Gasteiger partial charge on any atom is -0.493 e. The predicted molar refractivity (Wildman–Crippen MR) is 160 cm³/mol. The van der Waals surface area contributed by atoms with E-state index < -0.39 is 11.9 Å². The molecule has 4 rings (SSSR count). The van der Waals surface area contributed by atoms with Crippen LogP contribution in [0.3, 0.4) is 0 Å². The SMILES string of the molecule is CCOC(=O)c1c(-c2ccc(Cl)cc2)csc1NC(=O)/C=C/c1cc(Br)c(OCc2ccccc2)c(OC)c1. The first-order chi connectivity index (χ1) is 18.9. The normalized spacial score (nSPS) is 10.9. The highest BCUT2D eigenvalue weighted by molar-refractivity contribution is 9.10. The van der Waals surface area contributed by atoms with E-state index in [-0.39, 0.29) is 6.61 Å². The highest BCUT2D eigenvalue weighted by Crippen LogP contribution is 2.38. The van der Waals surface area contributed by atoms with Crippen LogP contribution in [-0.4, -0.2) is 25.6 Å². The molecule has 4 aromatic rings. The van der Waals surface area contributed by atoms with Gasteiger partial charge >= 0.3 is 5.97 Å². The Morgan fingerprint density at radius 1 is 1.08 bits per heavy atom. The summed E-state index contributed by atoms with van der Waals surface area (Å²) in [7, 11) is 1.56. The van der Waals surface area contributed by atoms with Gasteiger partial charge in [0.1, 0.15) is 17.2 Å². The van der Waals surface area contributed by atoms with E-state index in [0.717, 1.165) is 16.7 Å². The number of carbonyl (C=O) groups is 2. The number of halogens is 2. The van der Waals surface area contributed by atoms with Crippen molar-refractivity contribution in [1.82, 2.24) is 0 Å². The molecule has 0 atom stereocenters. The van der Waals surface area contributed by atoms with E-state index in [4.69, 9.17) is 25.8 Å². The van der Waals surface area contributed by atoms with Crippen LogP contribution in [0.1, 0.15) is 28.4 Å². The molecule has 1 heterocycles. The molecular weight excluding hydrogens is 602 g/mol. The summed E-state index contributed by atoms with van der Waals surface area (Å²) in [5.74, 6) is 0.179. The number of carbonyl (C=O) groups excluding carboxylic acids is 2. The van der Waals surface area contributed by atoms with Crippen molar-refractivity contribution in [2.75, 3.05) is 19.0 Å². The molecule has 9 heteroatoms. The van der Waals surface area contributed by atoms with E-state index in [1.165, 1.54) is 17.4 Å². The standard InChI is InChI=1S/C30H25BrClNO5S/c1-3-37-30(35)27-23(21-10-12-22(32)13-11-21)18-39-29(27)33-26(34)14-9-20-15-24(31)28(25(16-20)36-2)38-17-19-7-5-4-6-8-19/h4-16,18H,3,17H2,1-2H3,(H,33,34)/b14-9+. The van der Waals surface area contributed by atoms with Crippen LogP contribution < -0.4 is 14.8 Å². The fourth-order valence-corrected chi connectivity index (χ4v) is 5.39. The quantitative estimate of drug-likeness (QED) is 0.142. The Hall–Kier alpha value is -3.59. The van der Waals surface area contributed by atoms with E-state index in [2.05, 4.69) is 21.2 Å². The van der Waals surface area contributed by atoms with Gasteiger partial charge in [-0.25, -0.2) is 4.79 Å². The molecule has 200 valence electrons. The molecule has 0 saturated carbocycles. The highest BCUT2D eigenvalue weighted by Gasteiger charge is 2.22. The number of esters is 1. The fraction of sp³-hybridized carbons (Fsp3) is 0.133. The van der Waals surface area contributed by atoms with Crippen LogP contribution in [0.5, 0.6) is 11.5 Å². The summed E-state index contributed by atoms with van der Waals surface area (Å²) in [6.45, 7) is 2.33. The van der Waals surface area contributed by atoms with Crippen LogP contribution in [0.2, 0.25) is 5.02 Å². The van der Waals surface area contributed by atoms with Gasteiger partial charge in [-0.15, -0.1) is 11.3 Å². The van der Waals surface area contributed by atoms with E-state index in [9.17, 15) is 9.59 Å². The highest BCUT2D eigenvalue weighted by atomic mass is 79.9. The summed E-state index contributed by atoms with van der Waals surface area (Å²) in [6, 6.07) is 20.6. The lowest BCUT2D eigenvalue weighted by molar-refractivity contribution is -0.111. The van der Waals surface area contributed by atoms with Gasteiger partial charge in [0.25, 0.3) is 0 Å². The molecular formula is C30H25BrClNO5S. The topological polar surface area (TPSA) is 73.9 Å². The van der Waals surface area contributed by atoms with Crippen molar-refractivity contribution >= 4 is 61.8 Å². The van der Waals surface area contributed by atoms with Crippen LogP contribution in [0.25, 0.3) is 17.2 Å². The number of anilines is 1. The van der Waals surface area contributed by atoms with Gasteiger partial charge < -0.3 is 19.5 Å². The van der Waals surface area contributed by atoms with Crippen molar-refractivity contribution in [3.8, 4) is 22.6 Å². The summed E-state index contributed by atoms with van der Waals surface area (Å²) in [5, 5.41) is 5.61. The van der Waals surface area contributed by atoms with Crippen molar-refractivity contribution in [1.29, 1.82) is 0 Å². The van der Waals surface area contributed by atoms with Crippen LogP contribution in [0, 0.1) is 0 Å². The molecule has 0 unspecified atom stereocenters. The third-order valence-electron chi connectivity index (χ3n) is 5.57. The zero-order valence-corrected chi connectivity index (χ0v) is 24.4. The van der Waals surface area contributed by atoms with Crippen LogP contribution in [-0.2, 0) is 16.1 Å². The van der Waals surface area contributed by atoms with Gasteiger partial charge in [0, 0.05) is 22.0 Å². The van der Waals surface area contributed by atoms with E-state index >= 15 is 0 Å². The number of rotatable bonds is 10. The largest absolute Gasteiger partial charge is 0.493 e. The molecule has 6 nitrogen and oxygen atoms in total. The Kier molecular flexibility index (Phi) is 9.81. The lowest BCUT2D eigenvalue weighted by atomic mass is 10.0. The third-order valence-corrected chi connectivity index (χ3v) is 7.30. The zero-order chi connectivity index (χ0) is 27.8. The average molecular weight is 627 g/mol. The lowest BCUT2D eigenvalue weighted by Gasteiger charge is -2.13. The maximum atomic E-state index is 12.8. The molecule has 39 heavy (non-hydrogen) atoms. The van der Waals surface area contributed by atoms with Gasteiger partial charge in [-0.2, -0.15) is 0 Å². The predicted octanol–water partition coefficient (Wildman–Crippen LogP) is 8.25. The molecule has 0 saturated heterocycles. The van der Waals surface area contributed by atoms with Crippen LogP contribution in [0.15, 0.2) is 82.7 Å². The van der Waals surface area contributed by atoms with Gasteiger partial charge in [-0.05, 0) is 69.9 Å². The summed E-state index contributed by atoms with van der Waals surface area (Å²) >= 11 is 10.8. The molecule has 0 aliphatic heterocycles. The first kappa shape index (κ1) is 28.4. The zero-order valence-electron chi connectivity index (χ0n) is 21.2. The van der Waals surface area contributed by atoms with Gasteiger partial charge in [0.05, 0.1) is 18.2 Å². The number of thiophene rings is 1. The fourth-order valence-electron chi connectivity index (χ4n) is 3.73. The smallest absolute Gasteiger partial charge is 0.341 e. The van der Waals surface area contributed by atoms with Crippen molar-refractivity contribution in [3.63, 3.8) is 0 Å². The number of hydrogen-bond donors (Lipinski definition) is 1. The minimum absolute atomic E-state index is 0.212. The first-order valence-corrected chi connectivity index (χ1v) is 14.0. The summed E-state index contributed by atoms with van der Waals surface area (Å²) in [6.07, 6.45) is 3.05. The molecule has 3 aromatic carbocycles. The lowest BCUT2D eigenvalue weighted by Crippen LogP contribution is -2.12. The molecule has 0 bridgehead atoms. The van der Waals surface area contributed by atoms with Crippen molar-refractivity contribution < 1.29 is 23.8 Å². The monoisotopic (exact) mass is 625 g/mol. The summed E-state index contributed by atoms with van der Waals surface area (Å²) in [4.78, 5) is 25.6. The number of ether oxygens (including phenoxy) is 3. The molecule has 0 aliphatic carbocycles. The maximum Gasteiger partial charge on any atom is 0.341 e. The molecule has 0 fully saturated rings. The molecule has 1 amide bonds. The molecule has 0 spiro atoms. The van der Waals surface area contributed by atoms with Crippen LogP contribution >= 0.6 is 38.9 Å². The van der Waals surface area contributed by atoms with E-state index in [1.807, 2.05) is 53.9 Å². The van der Waals surface area contributed by atoms with E-state index in [1.54, 1.807) is 38.3 Å². The number of nitrogens with one attached hydrogen (secondary N) is 1. The second-order valence-electron chi connectivity index (χ2n) is 8.21. The third kappa shape index (κ3) is 7.29. The first-order valence-electron chi connectivity index (χ1n) is 12.0.